The molecule has 1 aromatic carbocycles. The van der Waals surface area contributed by atoms with Gasteiger partial charge in [-0.1, -0.05) is 6.07 Å². The summed E-state index contributed by atoms with van der Waals surface area (Å²) >= 11 is 0. The summed E-state index contributed by atoms with van der Waals surface area (Å²) in [6.07, 6.45) is 3.83. The Morgan fingerprint density at radius 1 is 1.12 bits per heavy atom. The highest BCUT2D eigenvalue weighted by molar-refractivity contribution is 7.91. The molecule has 0 saturated heterocycles. The molecule has 174 valence electrons. The summed E-state index contributed by atoms with van der Waals surface area (Å²) in [7, 11) is -3.60. The van der Waals surface area contributed by atoms with Crippen LogP contribution in [0.1, 0.15) is 32.9 Å². The molecule has 0 bridgehead atoms. The molecule has 0 aliphatic heterocycles. The van der Waals surface area contributed by atoms with Gasteiger partial charge in [0.15, 0.2) is 9.84 Å². The molecule has 0 spiro atoms. The highest BCUT2D eigenvalue weighted by Crippen LogP contribution is 2.25. The van der Waals surface area contributed by atoms with Gasteiger partial charge in [-0.3, -0.25) is 14.8 Å². The Hall–Kier alpha value is -3.92. The molecule has 0 unspecified atom stereocenters. The lowest BCUT2D eigenvalue weighted by molar-refractivity contribution is 0.0950. The first-order chi connectivity index (χ1) is 16.1. The van der Waals surface area contributed by atoms with E-state index in [4.69, 9.17) is 5.73 Å². The van der Waals surface area contributed by atoms with E-state index in [0.29, 0.717) is 28.0 Å². The van der Waals surface area contributed by atoms with Crippen LogP contribution in [0.15, 0.2) is 59.8 Å². The first-order valence-corrected chi connectivity index (χ1v) is 12.2. The summed E-state index contributed by atoms with van der Waals surface area (Å²) in [6.45, 7) is 2.11. The summed E-state index contributed by atoms with van der Waals surface area (Å²) in [5.74, 6) is -0.438. The Kier molecular flexibility index (Phi) is 6.25. The Labute approximate surface area is 196 Å². The van der Waals surface area contributed by atoms with E-state index in [1.807, 2.05) is 13.0 Å². The van der Waals surface area contributed by atoms with Crippen molar-refractivity contribution < 1.29 is 17.6 Å². The maximum Gasteiger partial charge on any atom is 0.251 e. The number of amides is 1. The number of nitrogens with one attached hydrogen (secondary N) is 1. The van der Waals surface area contributed by atoms with Crippen LogP contribution in [0.25, 0.3) is 10.9 Å². The molecule has 3 aromatic heterocycles. The number of aromatic nitrogens is 3. The summed E-state index contributed by atoms with van der Waals surface area (Å²) in [4.78, 5) is 25.1. The van der Waals surface area contributed by atoms with Crippen molar-refractivity contribution in [2.24, 2.45) is 0 Å². The van der Waals surface area contributed by atoms with Crippen LogP contribution >= 0.6 is 0 Å². The van der Waals surface area contributed by atoms with Crippen LogP contribution in [0, 0.1) is 12.7 Å². The van der Waals surface area contributed by atoms with Crippen LogP contribution in [0.5, 0.6) is 0 Å². The van der Waals surface area contributed by atoms with Gasteiger partial charge in [0, 0.05) is 47.8 Å². The standard InChI is InChI=1S/C24H22FN5O3S/c1-14-17(3-4-22(26)30-14)12-29-24(31)16-5-6-27-20(11-16)8-15-7-18-10-19(25)13-28-23(18)21(9-15)34(2,32)33/h3-7,9-11,13H,8,12H2,1-2H3,(H2,26,30)(H,29,31). The number of halogens is 1. The highest BCUT2D eigenvalue weighted by atomic mass is 32.2. The van der Waals surface area contributed by atoms with Gasteiger partial charge in [0.05, 0.1) is 16.6 Å². The number of fused-ring (bicyclic) bond motifs is 1. The first-order valence-electron chi connectivity index (χ1n) is 10.3. The number of hydrogen-bond donors (Lipinski definition) is 2. The monoisotopic (exact) mass is 479 g/mol. The summed E-state index contributed by atoms with van der Waals surface area (Å²) in [6, 6.07) is 11.1. The van der Waals surface area contributed by atoms with Crippen molar-refractivity contribution in [1.29, 1.82) is 0 Å². The number of benzene rings is 1. The molecule has 10 heteroatoms. The van der Waals surface area contributed by atoms with Crippen molar-refractivity contribution >= 4 is 32.5 Å². The second kappa shape index (κ2) is 9.14. The lowest BCUT2D eigenvalue weighted by atomic mass is 10.0. The zero-order valence-corrected chi connectivity index (χ0v) is 19.4. The normalized spacial score (nSPS) is 11.5. The zero-order valence-electron chi connectivity index (χ0n) is 18.5. The maximum absolute atomic E-state index is 13.7. The molecule has 1 amide bonds. The number of nitrogens with two attached hydrogens (primary N) is 1. The van der Waals surface area contributed by atoms with Gasteiger partial charge in [-0.2, -0.15) is 0 Å². The second-order valence-electron chi connectivity index (χ2n) is 7.97. The molecule has 0 aliphatic carbocycles. The van der Waals surface area contributed by atoms with Crippen molar-refractivity contribution in [3.8, 4) is 0 Å². The van der Waals surface area contributed by atoms with Gasteiger partial charge in [-0.05, 0) is 54.4 Å². The van der Waals surface area contributed by atoms with Crippen molar-refractivity contribution in [3.05, 3.63) is 88.8 Å². The van der Waals surface area contributed by atoms with E-state index in [1.165, 1.54) is 18.3 Å². The topological polar surface area (TPSA) is 128 Å². The fraction of sp³-hybridized carbons (Fsp3) is 0.167. The van der Waals surface area contributed by atoms with Gasteiger partial charge in [0.25, 0.3) is 5.91 Å². The van der Waals surface area contributed by atoms with Crippen molar-refractivity contribution in [3.63, 3.8) is 0 Å². The zero-order chi connectivity index (χ0) is 24.5. The largest absolute Gasteiger partial charge is 0.384 e. The van der Waals surface area contributed by atoms with Crippen molar-refractivity contribution in [1.82, 2.24) is 20.3 Å². The van der Waals surface area contributed by atoms with Crippen LogP contribution in [0.4, 0.5) is 10.2 Å². The number of aryl methyl sites for hydroxylation is 1. The Bertz CT molecular complexity index is 1520. The smallest absolute Gasteiger partial charge is 0.251 e. The van der Waals surface area contributed by atoms with Gasteiger partial charge in [0.1, 0.15) is 11.6 Å². The molecule has 34 heavy (non-hydrogen) atoms. The predicted molar refractivity (Wildman–Crippen MR) is 126 cm³/mol. The van der Waals surface area contributed by atoms with Gasteiger partial charge in [0.2, 0.25) is 0 Å². The number of rotatable bonds is 6. The molecule has 0 radical (unpaired) electrons. The number of hydrogen-bond acceptors (Lipinski definition) is 7. The van der Waals surface area contributed by atoms with Gasteiger partial charge in [-0.15, -0.1) is 0 Å². The third-order valence-electron chi connectivity index (χ3n) is 5.29. The Morgan fingerprint density at radius 3 is 2.65 bits per heavy atom. The average Bonchev–Trinajstić information content (AvgIpc) is 2.77. The molecular formula is C24H22FN5O3S. The van der Waals surface area contributed by atoms with E-state index in [9.17, 15) is 17.6 Å². The molecule has 8 nitrogen and oxygen atoms in total. The summed E-state index contributed by atoms with van der Waals surface area (Å²) in [5.41, 5.74) is 9.03. The third-order valence-corrected chi connectivity index (χ3v) is 6.40. The number of pyridine rings is 3. The lowest BCUT2D eigenvalue weighted by Gasteiger charge is -2.10. The van der Waals surface area contributed by atoms with E-state index in [2.05, 4.69) is 20.3 Å². The highest BCUT2D eigenvalue weighted by Gasteiger charge is 2.16. The number of carbonyl (C=O) groups is 1. The molecular weight excluding hydrogens is 457 g/mol. The molecule has 4 aromatic rings. The first kappa shape index (κ1) is 23.2. The number of nitrogen functional groups attached to an aromatic ring is 1. The quantitative estimate of drug-likeness (QED) is 0.435. The predicted octanol–water partition coefficient (Wildman–Crippen LogP) is 2.98. The number of anilines is 1. The maximum atomic E-state index is 13.7. The third kappa shape index (κ3) is 5.18. The molecule has 0 saturated carbocycles. The molecule has 0 aliphatic rings. The van der Waals surface area contributed by atoms with Gasteiger partial charge < -0.3 is 11.1 Å². The fourth-order valence-corrected chi connectivity index (χ4v) is 4.52. The lowest BCUT2D eigenvalue weighted by Crippen LogP contribution is -2.23. The van der Waals surface area contributed by atoms with Crippen molar-refractivity contribution in [2.45, 2.75) is 24.8 Å². The minimum atomic E-state index is -3.60. The van der Waals surface area contributed by atoms with Gasteiger partial charge >= 0.3 is 0 Å². The number of sulfone groups is 1. The summed E-state index contributed by atoms with van der Waals surface area (Å²) in [5, 5.41) is 3.22. The van der Waals surface area contributed by atoms with Crippen LogP contribution in [0.2, 0.25) is 0 Å². The molecule has 3 N–H and O–H groups in total. The average molecular weight is 480 g/mol. The number of nitrogens with zero attached hydrogens (tertiary/aromatic N) is 3. The molecule has 0 fully saturated rings. The fourth-order valence-electron chi connectivity index (χ4n) is 3.63. The second-order valence-corrected chi connectivity index (χ2v) is 9.95. The Balaban J connectivity index is 1.58. The van der Waals surface area contributed by atoms with Crippen molar-refractivity contribution in [2.75, 3.05) is 12.0 Å². The SMILES string of the molecule is Cc1nc(N)ccc1CNC(=O)c1ccnc(Cc2cc(S(C)(=O)=O)c3ncc(F)cc3c2)c1. The van der Waals surface area contributed by atoms with Crippen LogP contribution in [-0.2, 0) is 22.8 Å². The number of carbonyl (C=O) groups excluding carboxylic acids is 1. The minimum absolute atomic E-state index is 0.0152. The molecule has 3 heterocycles. The van der Waals surface area contributed by atoms with Gasteiger partial charge in [-0.25, -0.2) is 17.8 Å². The van der Waals surface area contributed by atoms with E-state index in [-0.39, 0.29) is 29.3 Å². The minimum Gasteiger partial charge on any atom is -0.384 e. The van der Waals surface area contributed by atoms with Crippen LogP contribution in [-0.4, -0.2) is 35.5 Å². The molecule has 4 rings (SSSR count). The van der Waals surface area contributed by atoms with E-state index < -0.39 is 15.7 Å². The summed E-state index contributed by atoms with van der Waals surface area (Å²) < 4.78 is 38.3. The van der Waals surface area contributed by atoms with Crippen LogP contribution < -0.4 is 11.1 Å². The Morgan fingerprint density at radius 2 is 1.91 bits per heavy atom. The van der Waals surface area contributed by atoms with E-state index in [0.717, 1.165) is 23.7 Å². The van der Waals surface area contributed by atoms with Crippen LogP contribution in [0.3, 0.4) is 0 Å². The van der Waals surface area contributed by atoms with E-state index in [1.54, 1.807) is 24.3 Å². The molecule has 0 atom stereocenters. The van der Waals surface area contributed by atoms with E-state index >= 15 is 0 Å².